The molecular formula is C19H32N2. The summed E-state index contributed by atoms with van der Waals surface area (Å²) in [6, 6.07) is 9.99. The van der Waals surface area contributed by atoms with Gasteiger partial charge in [-0.2, -0.15) is 0 Å². The van der Waals surface area contributed by atoms with E-state index >= 15 is 0 Å². The summed E-state index contributed by atoms with van der Waals surface area (Å²) in [6.07, 6.45) is 5.56. The lowest BCUT2D eigenvalue weighted by Gasteiger charge is -2.34. The molecule has 1 saturated carbocycles. The summed E-state index contributed by atoms with van der Waals surface area (Å²) < 4.78 is 0. The Morgan fingerprint density at radius 1 is 1.24 bits per heavy atom. The highest BCUT2D eigenvalue weighted by Crippen LogP contribution is 2.27. The van der Waals surface area contributed by atoms with E-state index in [1.807, 2.05) is 7.05 Å². The van der Waals surface area contributed by atoms with Gasteiger partial charge in [0.25, 0.3) is 0 Å². The van der Waals surface area contributed by atoms with Crippen LogP contribution in [-0.2, 0) is 6.54 Å². The maximum atomic E-state index is 3.25. The molecule has 1 aromatic carbocycles. The van der Waals surface area contributed by atoms with Gasteiger partial charge in [-0.3, -0.25) is 4.90 Å². The summed E-state index contributed by atoms with van der Waals surface area (Å²) in [7, 11) is 4.31. The van der Waals surface area contributed by atoms with Crippen molar-refractivity contribution in [1.29, 1.82) is 0 Å². The largest absolute Gasteiger partial charge is 0.319 e. The lowest BCUT2D eigenvalue weighted by Crippen LogP contribution is -2.35. The highest BCUT2D eigenvalue weighted by molar-refractivity contribution is 5.25. The molecule has 2 rings (SSSR count). The Labute approximate surface area is 130 Å². The van der Waals surface area contributed by atoms with Gasteiger partial charge < -0.3 is 5.32 Å². The maximum Gasteiger partial charge on any atom is 0.0233 e. The second-order valence-electron chi connectivity index (χ2n) is 7.04. The van der Waals surface area contributed by atoms with Gasteiger partial charge in [0.05, 0.1) is 0 Å². The Balaban J connectivity index is 1.90. The first-order valence-corrected chi connectivity index (χ1v) is 8.53. The van der Waals surface area contributed by atoms with Crippen LogP contribution in [0.2, 0.25) is 0 Å². The molecule has 0 heterocycles. The van der Waals surface area contributed by atoms with E-state index in [-0.39, 0.29) is 0 Å². The van der Waals surface area contributed by atoms with Crippen molar-refractivity contribution in [3.8, 4) is 0 Å². The second kappa shape index (κ2) is 7.95. The van der Waals surface area contributed by atoms with Crippen molar-refractivity contribution in [1.82, 2.24) is 10.2 Å². The monoisotopic (exact) mass is 288 g/mol. The van der Waals surface area contributed by atoms with Crippen LogP contribution in [0.15, 0.2) is 24.3 Å². The number of nitrogens with one attached hydrogen (secondary N) is 1. The number of hydrogen-bond acceptors (Lipinski definition) is 2. The van der Waals surface area contributed by atoms with Crippen molar-refractivity contribution in [3.05, 3.63) is 35.4 Å². The average molecular weight is 288 g/mol. The number of likely N-dealkylation sites (N-methyl/N-ethyl adjacent to an activating group) is 1. The fraction of sp³-hybridized carbons (Fsp3) is 0.684. The molecule has 1 aliphatic carbocycles. The summed E-state index contributed by atoms with van der Waals surface area (Å²) >= 11 is 0. The third-order valence-corrected chi connectivity index (χ3v) is 5.02. The maximum absolute atomic E-state index is 3.25. The van der Waals surface area contributed by atoms with Crippen LogP contribution >= 0.6 is 0 Å². The molecule has 3 atom stereocenters. The molecule has 1 N–H and O–H groups in total. The molecule has 1 aromatic rings. The minimum atomic E-state index is 0.584. The smallest absolute Gasteiger partial charge is 0.0233 e. The lowest BCUT2D eigenvalue weighted by molar-refractivity contribution is 0.157. The Kier molecular flexibility index (Phi) is 6.25. The van der Waals surface area contributed by atoms with Gasteiger partial charge in [0.2, 0.25) is 0 Å². The first kappa shape index (κ1) is 16.5. The van der Waals surface area contributed by atoms with E-state index in [2.05, 4.69) is 55.4 Å². The van der Waals surface area contributed by atoms with Gasteiger partial charge in [0.1, 0.15) is 0 Å². The van der Waals surface area contributed by atoms with Crippen molar-refractivity contribution in [2.24, 2.45) is 5.92 Å². The van der Waals surface area contributed by atoms with Crippen molar-refractivity contribution in [2.45, 2.75) is 58.0 Å². The van der Waals surface area contributed by atoms with E-state index in [9.17, 15) is 0 Å². The molecule has 0 aromatic heterocycles. The SMILES string of the molecule is CNCC(C)c1ccc(CN(C)C2CCCC(C)C2)cc1. The van der Waals surface area contributed by atoms with Gasteiger partial charge >= 0.3 is 0 Å². The van der Waals surface area contributed by atoms with E-state index < -0.39 is 0 Å². The zero-order valence-corrected chi connectivity index (χ0v) is 14.2. The molecule has 21 heavy (non-hydrogen) atoms. The minimum Gasteiger partial charge on any atom is -0.319 e. The molecule has 0 aliphatic heterocycles. The highest BCUT2D eigenvalue weighted by atomic mass is 15.1. The number of nitrogens with zero attached hydrogens (tertiary/aromatic N) is 1. The summed E-state index contributed by atoms with van der Waals surface area (Å²) in [4.78, 5) is 2.56. The molecule has 2 nitrogen and oxygen atoms in total. The van der Waals surface area contributed by atoms with Crippen molar-refractivity contribution < 1.29 is 0 Å². The minimum absolute atomic E-state index is 0.584. The average Bonchev–Trinajstić information content (AvgIpc) is 2.48. The van der Waals surface area contributed by atoms with Gasteiger partial charge in [0, 0.05) is 19.1 Å². The Morgan fingerprint density at radius 2 is 1.95 bits per heavy atom. The zero-order valence-electron chi connectivity index (χ0n) is 14.2. The number of benzene rings is 1. The summed E-state index contributed by atoms with van der Waals surface area (Å²) in [5.74, 6) is 1.48. The first-order chi connectivity index (χ1) is 10.1. The normalized spacial score (nSPS) is 24.2. The van der Waals surface area contributed by atoms with Crippen LogP contribution in [0.25, 0.3) is 0 Å². The third kappa shape index (κ3) is 4.82. The van der Waals surface area contributed by atoms with Crippen molar-refractivity contribution in [2.75, 3.05) is 20.6 Å². The summed E-state index contributed by atoms with van der Waals surface area (Å²) in [5, 5.41) is 3.25. The van der Waals surface area contributed by atoms with Crippen LogP contribution < -0.4 is 5.32 Å². The number of hydrogen-bond donors (Lipinski definition) is 1. The summed E-state index contributed by atoms with van der Waals surface area (Å²) in [5.41, 5.74) is 2.87. The third-order valence-electron chi connectivity index (χ3n) is 5.02. The molecule has 0 saturated heterocycles. The van der Waals surface area contributed by atoms with Gasteiger partial charge in [-0.1, -0.05) is 51.0 Å². The topological polar surface area (TPSA) is 15.3 Å². The van der Waals surface area contributed by atoms with E-state index in [0.29, 0.717) is 5.92 Å². The molecular weight excluding hydrogens is 256 g/mol. The van der Waals surface area contributed by atoms with E-state index in [1.165, 1.54) is 36.8 Å². The molecule has 1 fully saturated rings. The quantitative estimate of drug-likeness (QED) is 0.850. The molecule has 0 spiro atoms. The highest BCUT2D eigenvalue weighted by Gasteiger charge is 2.22. The standard InChI is InChI=1S/C19H32N2/c1-15-6-5-7-19(12-15)21(4)14-17-8-10-18(11-9-17)16(2)13-20-3/h8-11,15-16,19-20H,5-7,12-14H2,1-4H3. The van der Waals surface area contributed by atoms with Crippen molar-refractivity contribution >= 4 is 0 Å². The molecule has 2 heteroatoms. The predicted octanol–water partition coefficient (Wildman–Crippen LogP) is 4.02. The molecule has 0 radical (unpaired) electrons. The van der Waals surface area contributed by atoms with Gasteiger partial charge in [0.15, 0.2) is 0 Å². The molecule has 0 amide bonds. The Bertz CT molecular complexity index is 412. The fourth-order valence-electron chi connectivity index (χ4n) is 3.60. The van der Waals surface area contributed by atoms with Gasteiger partial charge in [-0.05, 0) is 49.9 Å². The predicted molar refractivity (Wildman–Crippen MR) is 91.7 cm³/mol. The molecule has 1 aliphatic rings. The Hall–Kier alpha value is -0.860. The van der Waals surface area contributed by atoms with Crippen LogP contribution in [0, 0.1) is 5.92 Å². The van der Waals surface area contributed by atoms with Crippen LogP contribution in [0.3, 0.4) is 0 Å². The fourth-order valence-corrected chi connectivity index (χ4v) is 3.60. The van der Waals surface area contributed by atoms with E-state index in [1.54, 1.807) is 0 Å². The summed E-state index contributed by atoms with van der Waals surface area (Å²) in [6.45, 7) is 6.80. The van der Waals surface area contributed by atoms with Gasteiger partial charge in [-0.25, -0.2) is 0 Å². The first-order valence-electron chi connectivity index (χ1n) is 8.53. The van der Waals surface area contributed by atoms with Crippen LogP contribution in [-0.4, -0.2) is 31.6 Å². The number of rotatable bonds is 6. The lowest BCUT2D eigenvalue weighted by atomic mass is 9.86. The molecule has 3 unspecified atom stereocenters. The second-order valence-corrected chi connectivity index (χ2v) is 7.04. The van der Waals surface area contributed by atoms with Gasteiger partial charge in [-0.15, -0.1) is 0 Å². The van der Waals surface area contributed by atoms with E-state index in [4.69, 9.17) is 0 Å². The molecule has 118 valence electrons. The van der Waals surface area contributed by atoms with Crippen LogP contribution in [0.1, 0.15) is 56.6 Å². The van der Waals surface area contributed by atoms with Crippen LogP contribution in [0.5, 0.6) is 0 Å². The Morgan fingerprint density at radius 3 is 2.57 bits per heavy atom. The van der Waals surface area contributed by atoms with Crippen LogP contribution in [0.4, 0.5) is 0 Å². The van der Waals surface area contributed by atoms with Crippen molar-refractivity contribution in [3.63, 3.8) is 0 Å². The van der Waals surface area contributed by atoms with E-state index in [0.717, 1.165) is 25.0 Å². The molecule has 0 bridgehead atoms. The zero-order chi connectivity index (χ0) is 15.2.